The van der Waals surface area contributed by atoms with Gasteiger partial charge < -0.3 is 20.0 Å². The first-order chi connectivity index (χ1) is 12.4. The maximum atomic E-state index is 12.3. The van der Waals surface area contributed by atoms with Gasteiger partial charge in [-0.3, -0.25) is 14.4 Å². The molecule has 0 atom stereocenters. The number of rotatable bonds is 4. The number of carbonyl (C=O) groups is 4. The summed E-state index contributed by atoms with van der Waals surface area (Å²) in [5, 5.41) is 18.7. The summed E-state index contributed by atoms with van der Waals surface area (Å²) in [6.07, 6.45) is 2.30. The lowest BCUT2D eigenvalue weighted by Crippen LogP contribution is -2.39. The van der Waals surface area contributed by atoms with Crippen molar-refractivity contribution in [1.82, 2.24) is 0 Å². The number of piperidine rings is 1. The summed E-state index contributed by atoms with van der Waals surface area (Å²) in [7, 11) is 0. The molecule has 0 spiro atoms. The van der Waals surface area contributed by atoms with Gasteiger partial charge in [0.25, 0.3) is 11.7 Å². The summed E-state index contributed by atoms with van der Waals surface area (Å²) in [5.74, 6) is -4.56. The van der Waals surface area contributed by atoms with Crippen LogP contribution >= 0.6 is 0 Å². The second-order valence-electron chi connectivity index (χ2n) is 6.19. The van der Waals surface area contributed by atoms with Crippen molar-refractivity contribution in [1.29, 1.82) is 0 Å². The molecular formula is C18H18N2O6. The molecule has 0 saturated carbocycles. The molecule has 8 nitrogen and oxygen atoms in total. The standard InChI is InChI=1S/C18H18N2O6/c21-14-3-1-2-9-19(14)11-4-6-12(7-5-11)20-10-8-13(15(22)17(20)24)16(23)18(25)26/h4-7,22H,1-3,8-10H2,(H,25,26). The second-order valence-corrected chi connectivity index (χ2v) is 6.19. The van der Waals surface area contributed by atoms with Gasteiger partial charge in [0, 0.05) is 30.9 Å². The molecule has 3 rings (SSSR count). The van der Waals surface area contributed by atoms with Crippen LogP contribution in [0.25, 0.3) is 0 Å². The van der Waals surface area contributed by atoms with E-state index in [9.17, 15) is 24.3 Å². The lowest BCUT2D eigenvalue weighted by Gasteiger charge is -2.29. The minimum absolute atomic E-state index is 0.0466. The Labute approximate surface area is 149 Å². The number of nitrogens with zero attached hydrogens (tertiary/aromatic N) is 2. The highest BCUT2D eigenvalue weighted by Gasteiger charge is 2.33. The van der Waals surface area contributed by atoms with Crippen LogP contribution in [-0.2, 0) is 19.2 Å². The molecule has 0 radical (unpaired) electrons. The quantitative estimate of drug-likeness (QED) is 0.786. The van der Waals surface area contributed by atoms with Crippen LogP contribution in [0.15, 0.2) is 35.6 Å². The molecule has 136 valence electrons. The molecule has 2 amide bonds. The van der Waals surface area contributed by atoms with Gasteiger partial charge in [0.15, 0.2) is 5.76 Å². The molecule has 0 unspecified atom stereocenters. The molecule has 26 heavy (non-hydrogen) atoms. The lowest BCUT2D eigenvalue weighted by atomic mass is 10.0. The van der Waals surface area contributed by atoms with Gasteiger partial charge in [-0.25, -0.2) is 4.79 Å². The Hall–Kier alpha value is -3.16. The molecular weight excluding hydrogens is 340 g/mol. The molecule has 0 aliphatic carbocycles. The molecule has 2 heterocycles. The number of aliphatic hydroxyl groups excluding tert-OH is 1. The smallest absolute Gasteiger partial charge is 0.377 e. The summed E-state index contributed by atoms with van der Waals surface area (Å²) >= 11 is 0. The van der Waals surface area contributed by atoms with Gasteiger partial charge in [0.1, 0.15) is 0 Å². The third kappa shape index (κ3) is 3.17. The molecule has 0 bridgehead atoms. The van der Waals surface area contributed by atoms with E-state index < -0.39 is 23.4 Å². The molecule has 2 N–H and O–H groups in total. The van der Waals surface area contributed by atoms with Crippen LogP contribution in [0.1, 0.15) is 25.7 Å². The van der Waals surface area contributed by atoms with E-state index in [2.05, 4.69) is 0 Å². The van der Waals surface area contributed by atoms with Crippen molar-refractivity contribution in [2.45, 2.75) is 25.7 Å². The van der Waals surface area contributed by atoms with Crippen molar-refractivity contribution >= 4 is 34.9 Å². The summed E-state index contributed by atoms with van der Waals surface area (Å²) in [6.45, 7) is 0.740. The van der Waals surface area contributed by atoms with E-state index in [1.807, 2.05) is 0 Å². The first kappa shape index (κ1) is 17.7. The minimum Gasteiger partial charge on any atom is -0.503 e. The SMILES string of the molecule is O=C(O)C(=O)C1=C(O)C(=O)N(c2ccc(N3CCCCC3=O)cc2)CC1. The number of Topliss-reactive ketones (excluding diaryl/α,β-unsaturated/α-hetero) is 1. The van der Waals surface area contributed by atoms with E-state index in [1.54, 1.807) is 29.2 Å². The average molecular weight is 358 g/mol. The Balaban J connectivity index is 1.80. The van der Waals surface area contributed by atoms with Crippen LogP contribution in [-0.4, -0.2) is 46.9 Å². The van der Waals surface area contributed by atoms with Gasteiger partial charge in [-0.15, -0.1) is 0 Å². The Kier molecular flexibility index (Phi) is 4.75. The number of ketones is 1. The van der Waals surface area contributed by atoms with Gasteiger partial charge in [-0.2, -0.15) is 0 Å². The highest BCUT2D eigenvalue weighted by molar-refractivity contribution is 6.41. The van der Waals surface area contributed by atoms with Crippen LogP contribution in [0.4, 0.5) is 11.4 Å². The van der Waals surface area contributed by atoms with Crippen LogP contribution in [0.3, 0.4) is 0 Å². The number of amides is 2. The number of anilines is 2. The van der Waals surface area contributed by atoms with Gasteiger partial charge in [0.2, 0.25) is 5.91 Å². The van der Waals surface area contributed by atoms with E-state index >= 15 is 0 Å². The Morgan fingerprint density at radius 2 is 1.50 bits per heavy atom. The third-order valence-electron chi connectivity index (χ3n) is 4.58. The van der Waals surface area contributed by atoms with Crippen molar-refractivity contribution in [3.05, 3.63) is 35.6 Å². The van der Waals surface area contributed by atoms with Crippen molar-refractivity contribution in [3.63, 3.8) is 0 Å². The fraction of sp³-hybridized carbons (Fsp3) is 0.333. The van der Waals surface area contributed by atoms with E-state index in [1.165, 1.54) is 4.90 Å². The summed E-state index contributed by atoms with van der Waals surface area (Å²) in [6, 6.07) is 6.77. The number of carbonyl (C=O) groups excluding carboxylic acids is 3. The number of hydrogen-bond acceptors (Lipinski definition) is 5. The van der Waals surface area contributed by atoms with E-state index in [0.717, 1.165) is 18.5 Å². The van der Waals surface area contributed by atoms with Crippen LogP contribution in [0, 0.1) is 0 Å². The molecule has 8 heteroatoms. The molecule has 1 saturated heterocycles. The number of carboxylic acid groups (broad SMARTS) is 1. The fourth-order valence-corrected chi connectivity index (χ4v) is 3.19. The zero-order valence-electron chi connectivity index (χ0n) is 14.0. The first-order valence-corrected chi connectivity index (χ1v) is 8.32. The first-order valence-electron chi connectivity index (χ1n) is 8.32. The monoisotopic (exact) mass is 358 g/mol. The molecule has 2 aliphatic rings. The lowest BCUT2D eigenvalue weighted by molar-refractivity contribution is -0.147. The summed E-state index contributed by atoms with van der Waals surface area (Å²) < 4.78 is 0. The molecule has 2 aliphatic heterocycles. The molecule has 1 aromatic carbocycles. The van der Waals surface area contributed by atoms with Gasteiger partial charge in [0.05, 0.1) is 5.57 Å². The molecule has 1 aromatic rings. The van der Waals surface area contributed by atoms with Crippen LogP contribution in [0.2, 0.25) is 0 Å². The second kappa shape index (κ2) is 6.99. The number of aliphatic carboxylic acids is 1. The number of carboxylic acids is 1. The van der Waals surface area contributed by atoms with E-state index in [-0.39, 0.29) is 24.4 Å². The maximum Gasteiger partial charge on any atom is 0.377 e. The van der Waals surface area contributed by atoms with Crippen LogP contribution in [0.5, 0.6) is 0 Å². The topological polar surface area (TPSA) is 115 Å². The zero-order valence-corrected chi connectivity index (χ0v) is 14.0. The van der Waals surface area contributed by atoms with Crippen molar-refractivity contribution < 1.29 is 29.4 Å². The van der Waals surface area contributed by atoms with Crippen molar-refractivity contribution in [2.24, 2.45) is 0 Å². The predicted molar refractivity (Wildman–Crippen MR) is 91.9 cm³/mol. The number of benzene rings is 1. The number of aliphatic hydroxyl groups is 1. The average Bonchev–Trinajstić information content (AvgIpc) is 2.64. The van der Waals surface area contributed by atoms with Crippen molar-refractivity contribution in [2.75, 3.05) is 22.9 Å². The normalized spacial score (nSPS) is 18.3. The maximum absolute atomic E-state index is 12.3. The van der Waals surface area contributed by atoms with E-state index in [4.69, 9.17) is 5.11 Å². The van der Waals surface area contributed by atoms with Gasteiger partial charge in [-0.1, -0.05) is 0 Å². The highest BCUT2D eigenvalue weighted by atomic mass is 16.4. The Morgan fingerprint density at radius 3 is 2.08 bits per heavy atom. The summed E-state index contributed by atoms with van der Waals surface area (Å²) in [4.78, 5) is 49.5. The molecule has 1 fully saturated rings. The van der Waals surface area contributed by atoms with Gasteiger partial charge in [-0.05, 0) is 43.5 Å². The summed E-state index contributed by atoms with van der Waals surface area (Å²) in [5.41, 5.74) is 0.857. The minimum atomic E-state index is -1.71. The van der Waals surface area contributed by atoms with Gasteiger partial charge >= 0.3 is 5.97 Å². The highest BCUT2D eigenvalue weighted by Crippen LogP contribution is 2.28. The van der Waals surface area contributed by atoms with Crippen LogP contribution < -0.4 is 9.80 Å². The molecule has 0 aromatic heterocycles. The predicted octanol–water partition coefficient (Wildman–Crippen LogP) is 1.41. The van der Waals surface area contributed by atoms with Crippen molar-refractivity contribution in [3.8, 4) is 0 Å². The largest absolute Gasteiger partial charge is 0.503 e. The third-order valence-corrected chi connectivity index (χ3v) is 4.58. The Morgan fingerprint density at radius 1 is 0.885 bits per heavy atom. The van der Waals surface area contributed by atoms with E-state index in [0.29, 0.717) is 18.7 Å². The Bertz CT molecular complexity index is 811. The number of hydrogen-bond donors (Lipinski definition) is 2. The zero-order chi connectivity index (χ0) is 18.8. The fourth-order valence-electron chi connectivity index (χ4n) is 3.19.